The van der Waals surface area contributed by atoms with Crippen LogP contribution in [0.2, 0.25) is 0 Å². The van der Waals surface area contributed by atoms with Crippen LogP contribution in [0.25, 0.3) is 0 Å². The number of hydrogen-bond donors (Lipinski definition) is 9. The number of carbonyl (C=O) groups is 7. The van der Waals surface area contributed by atoms with E-state index in [0.717, 1.165) is 24.3 Å². The number of Topliss-reactive ketones (excluding diaryl/α,β-unsaturated/α-hetero) is 3. The fourth-order valence-electron chi connectivity index (χ4n) is 6.14. The van der Waals surface area contributed by atoms with E-state index in [1.165, 1.54) is 35.0 Å². The first kappa shape index (κ1) is 68.1. The quantitative estimate of drug-likeness (QED) is 0.0227. The molecule has 2 aromatic rings. The Hall–Kier alpha value is -6.19. The van der Waals surface area contributed by atoms with E-state index in [2.05, 4.69) is 21.9 Å². The maximum absolute atomic E-state index is 13.4. The van der Waals surface area contributed by atoms with E-state index >= 15 is 0 Å². The number of ketones is 3. The topological polar surface area (TPSA) is 340 Å². The van der Waals surface area contributed by atoms with E-state index in [1.54, 1.807) is 24.3 Å². The molecule has 0 aromatic heterocycles. The van der Waals surface area contributed by atoms with Gasteiger partial charge in [0.15, 0.2) is 0 Å². The molecule has 70 heavy (non-hydrogen) atoms. The molecule has 0 radical (unpaired) electrons. The van der Waals surface area contributed by atoms with Crippen LogP contribution in [0.1, 0.15) is 77.8 Å². The van der Waals surface area contributed by atoms with Crippen LogP contribution in [0.5, 0.6) is 0 Å². The van der Waals surface area contributed by atoms with E-state index in [-0.39, 0.29) is 61.2 Å². The molecule has 0 aliphatic heterocycles. The highest BCUT2D eigenvalue weighted by molar-refractivity contribution is 6.03. The van der Waals surface area contributed by atoms with Crippen LogP contribution < -0.4 is 33.6 Å². The summed E-state index contributed by atoms with van der Waals surface area (Å²) in [5.41, 5.74) is 26.0. The molecule has 2 unspecified atom stereocenters. The van der Waals surface area contributed by atoms with Crippen molar-refractivity contribution in [3.63, 3.8) is 0 Å². The number of benzene rings is 2. The highest BCUT2D eigenvalue weighted by atomic mass is 16.5. The summed E-state index contributed by atoms with van der Waals surface area (Å²) in [7, 11) is 3.63. The van der Waals surface area contributed by atoms with Gasteiger partial charge in [-0.2, -0.15) is 0 Å². The van der Waals surface area contributed by atoms with Gasteiger partial charge in [-0.05, 0) is 88.4 Å². The summed E-state index contributed by atoms with van der Waals surface area (Å²) >= 11 is 0. The Morgan fingerprint density at radius 3 is 1.31 bits per heavy atom. The molecule has 394 valence electrons. The van der Waals surface area contributed by atoms with Crippen LogP contribution in [0.3, 0.4) is 0 Å². The number of nitrogens with one attached hydrogen (secondary N) is 4. The molecule has 2 rings (SSSR count). The minimum Gasteiger partial charge on any atom is -0.469 e. The van der Waals surface area contributed by atoms with Gasteiger partial charge in [0.1, 0.15) is 17.3 Å². The van der Waals surface area contributed by atoms with Crippen molar-refractivity contribution in [2.24, 2.45) is 23.3 Å². The average molecular weight is 985 g/mol. The minimum absolute atomic E-state index is 0. The number of hydrogen-bond acceptors (Lipinski definition) is 18. The second-order valence-electron chi connectivity index (χ2n) is 15.8. The Morgan fingerprint density at radius 1 is 0.600 bits per heavy atom. The first-order valence-corrected chi connectivity index (χ1v) is 22.7. The maximum Gasteiger partial charge on any atom is 0.329 e. The number of methoxy groups -OCH3 is 2. The first-order chi connectivity index (χ1) is 32.8. The molecular weight excluding hydrogens is 901 g/mol. The number of anilines is 2. The molecule has 20 nitrogen and oxygen atoms in total. The summed E-state index contributed by atoms with van der Waals surface area (Å²) < 4.78 is 8.86. The van der Waals surface area contributed by atoms with Crippen molar-refractivity contribution in [1.82, 2.24) is 20.4 Å². The summed E-state index contributed by atoms with van der Waals surface area (Å²) in [6.07, 6.45) is 3.85. The van der Waals surface area contributed by atoms with Crippen LogP contribution in [0.4, 0.5) is 11.4 Å². The Morgan fingerprint density at radius 2 is 0.971 bits per heavy atom. The second kappa shape index (κ2) is 41.8. The standard InChI is InChI=1S/C30H47N5O6.C14H23N5O.C4H6O2.CH4O.CH4/c1-22(36)9-15-34(16-10-23(2)37)18-12-28(32)27(21-25-5-7-26(31)8-6-25)30(40)33-14-20-35(17-11-24(3)38)19-13-29(39)41-4;15-6-5-13(18)12(14(20)19-8-7-16)9-10-1-3-11(17)4-2-10;1-3-4(5)6-2;1-2;/h5-8,27,32H,9-21,31H2,1-4H3,(H,33,40);1-4,12,18H,5-9,15-17H2,(H,19,20);3H,1H2,2H3;2H,1H3;1H4. The van der Waals surface area contributed by atoms with E-state index in [4.69, 9.17) is 43.6 Å². The zero-order valence-corrected chi connectivity index (χ0v) is 41.6. The van der Waals surface area contributed by atoms with Gasteiger partial charge in [0.2, 0.25) is 11.8 Å². The Bertz CT molecular complexity index is 1860. The smallest absolute Gasteiger partial charge is 0.329 e. The predicted octanol–water partition coefficient (Wildman–Crippen LogP) is 2.52. The monoisotopic (exact) mass is 985 g/mol. The number of amides is 2. The zero-order chi connectivity index (χ0) is 52.7. The van der Waals surface area contributed by atoms with Crippen molar-refractivity contribution in [2.45, 2.75) is 79.6 Å². The number of aliphatic hydroxyl groups excluding tert-OH is 1. The fraction of sp³-hybridized carbons (Fsp3) is 0.540. The normalized spacial score (nSPS) is 11.0. The molecule has 0 fully saturated rings. The Labute approximate surface area is 415 Å². The minimum atomic E-state index is -0.721. The number of nitrogens with two attached hydrogens (primary N) is 4. The first-order valence-electron chi connectivity index (χ1n) is 22.7. The number of ether oxygens (including phenoxy) is 2. The molecule has 0 saturated heterocycles. The number of esters is 2. The molecular formula is C50H84N10O10. The predicted molar refractivity (Wildman–Crippen MR) is 277 cm³/mol. The zero-order valence-electron chi connectivity index (χ0n) is 41.6. The molecule has 0 saturated carbocycles. The van der Waals surface area contributed by atoms with Gasteiger partial charge in [-0.15, -0.1) is 0 Å². The van der Waals surface area contributed by atoms with Gasteiger partial charge < -0.3 is 68.8 Å². The molecule has 2 amide bonds. The third kappa shape index (κ3) is 34.2. The van der Waals surface area contributed by atoms with E-state index in [1.807, 2.05) is 34.1 Å². The summed E-state index contributed by atoms with van der Waals surface area (Å²) in [4.78, 5) is 85.4. The molecule has 0 aliphatic carbocycles. The maximum atomic E-state index is 13.4. The van der Waals surface area contributed by atoms with Crippen molar-refractivity contribution in [2.75, 3.05) is 98.2 Å². The summed E-state index contributed by atoms with van der Waals surface area (Å²) in [5.74, 6) is -2.29. The summed E-state index contributed by atoms with van der Waals surface area (Å²) in [5, 5.41) is 29.5. The van der Waals surface area contributed by atoms with E-state index in [0.29, 0.717) is 121 Å². The molecule has 20 heteroatoms. The van der Waals surface area contributed by atoms with E-state index in [9.17, 15) is 33.6 Å². The summed E-state index contributed by atoms with van der Waals surface area (Å²) in [6, 6.07) is 14.5. The van der Waals surface area contributed by atoms with Gasteiger partial charge in [-0.1, -0.05) is 38.3 Å². The molecule has 13 N–H and O–H groups in total. The lowest BCUT2D eigenvalue weighted by Crippen LogP contribution is -2.42. The third-order valence-electron chi connectivity index (χ3n) is 10.2. The third-order valence-corrected chi connectivity index (χ3v) is 10.2. The highest BCUT2D eigenvalue weighted by Crippen LogP contribution is 2.16. The van der Waals surface area contributed by atoms with Gasteiger partial charge in [0.05, 0.1) is 32.5 Å². The summed E-state index contributed by atoms with van der Waals surface area (Å²) in [6.45, 7) is 11.9. The van der Waals surface area contributed by atoms with Crippen molar-refractivity contribution in [1.29, 1.82) is 10.8 Å². The molecule has 0 spiro atoms. The van der Waals surface area contributed by atoms with Crippen LogP contribution in [0.15, 0.2) is 61.2 Å². The highest BCUT2D eigenvalue weighted by Gasteiger charge is 2.25. The Balaban J connectivity index is -0.00000128. The number of carbonyl (C=O) groups excluding carboxylic acids is 7. The van der Waals surface area contributed by atoms with Gasteiger partial charge in [-0.25, -0.2) is 4.79 Å². The van der Waals surface area contributed by atoms with E-state index < -0.39 is 17.8 Å². The molecule has 2 atom stereocenters. The van der Waals surface area contributed by atoms with Crippen LogP contribution in [-0.2, 0) is 55.9 Å². The lowest BCUT2D eigenvalue weighted by molar-refractivity contribution is -0.141. The molecule has 0 aliphatic rings. The largest absolute Gasteiger partial charge is 0.469 e. The second-order valence-corrected chi connectivity index (χ2v) is 15.8. The van der Waals surface area contributed by atoms with Crippen LogP contribution in [-0.4, -0.2) is 154 Å². The SMILES string of the molecule is C.C=CC(=O)OC.CO.COC(=O)CCN(CCNC(=O)C(Cc1ccc(N)cc1)C(=N)CCN(CCC(C)=O)CCC(C)=O)CCC(C)=O.N=C(CCN)C(Cc1ccc(N)cc1)C(=O)NCCN. The van der Waals surface area contributed by atoms with Crippen LogP contribution in [0, 0.1) is 22.7 Å². The van der Waals surface area contributed by atoms with Crippen molar-refractivity contribution in [3.05, 3.63) is 72.3 Å². The Kier molecular flexibility index (Phi) is 40.6. The van der Waals surface area contributed by atoms with Gasteiger partial charge in [-0.3, -0.25) is 28.8 Å². The lowest BCUT2D eigenvalue weighted by atomic mass is 9.91. The molecule has 0 bridgehead atoms. The van der Waals surface area contributed by atoms with Crippen LogP contribution >= 0.6 is 0 Å². The number of nitrogen functional groups attached to an aromatic ring is 2. The fourth-order valence-corrected chi connectivity index (χ4v) is 6.14. The van der Waals surface area contributed by atoms with Gasteiger partial charge in [0.25, 0.3) is 0 Å². The molecule has 0 heterocycles. The molecule has 2 aromatic carbocycles. The van der Waals surface area contributed by atoms with Gasteiger partial charge >= 0.3 is 11.9 Å². The number of nitrogens with zero attached hydrogens (tertiary/aromatic N) is 2. The van der Waals surface area contributed by atoms with Crippen molar-refractivity contribution >= 4 is 63.9 Å². The lowest BCUT2D eigenvalue weighted by Gasteiger charge is -2.25. The van der Waals surface area contributed by atoms with Gasteiger partial charge in [0, 0.05) is 114 Å². The van der Waals surface area contributed by atoms with Crippen molar-refractivity contribution in [3.8, 4) is 0 Å². The average Bonchev–Trinajstić information content (AvgIpc) is 3.33. The number of rotatable bonds is 31. The van der Waals surface area contributed by atoms with Crippen molar-refractivity contribution < 1.29 is 48.1 Å². The number of aliphatic hydroxyl groups is 1.